The number of hydrogen-bond acceptors (Lipinski definition) is 3. The van der Waals surface area contributed by atoms with Gasteiger partial charge in [-0.25, -0.2) is 4.79 Å². The molecule has 0 saturated heterocycles. The topological polar surface area (TPSA) is 50.1 Å². The molecule has 0 aliphatic carbocycles. The summed E-state index contributed by atoms with van der Waals surface area (Å²) in [5.74, 6) is -0.319. The Hall–Kier alpha value is -1.05. The Morgan fingerprint density at radius 1 is 1.67 bits per heavy atom. The average molecular weight is 289 g/mol. The first-order valence-corrected chi connectivity index (χ1v) is 5.33. The predicted molar refractivity (Wildman–Crippen MR) is 59.8 cm³/mol. The molecule has 78 valence electrons. The van der Waals surface area contributed by atoms with Crippen LogP contribution in [-0.2, 0) is 10.6 Å². The van der Waals surface area contributed by atoms with Crippen molar-refractivity contribution in [1.29, 1.82) is 5.26 Å². The molecule has 0 saturated carbocycles. The second-order valence-electron chi connectivity index (χ2n) is 2.73. The van der Waals surface area contributed by atoms with E-state index in [0.29, 0.717) is 21.2 Å². The van der Waals surface area contributed by atoms with Crippen molar-refractivity contribution in [3.63, 3.8) is 0 Å². The lowest BCUT2D eigenvalue weighted by molar-refractivity contribution is 0.0598. The second-order valence-corrected chi connectivity index (χ2v) is 3.85. The van der Waals surface area contributed by atoms with Crippen LogP contribution >= 0.6 is 27.5 Å². The SMILES string of the molecule is COC(=O)c1c(Br)cc(C#N)cc1CCl. The standard InChI is InChI=1S/C10H7BrClNO2/c1-15-10(14)9-7(4-12)2-6(5-13)3-8(9)11/h2-3H,4H2,1H3. The zero-order valence-electron chi connectivity index (χ0n) is 7.88. The summed E-state index contributed by atoms with van der Waals surface area (Å²) >= 11 is 8.91. The number of nitrogens with zero attached hydrogens (tertiary/aromatic N) is 1. The van der Waals surface area contributed by atoms with E-state index in [1.54, 1.807) is 12.1 Å². The number of carbonyl (C=O) groups excluding carboxylic acids is 1. The van der Waals surface area contributed by atoms with E-state index in [4.69, 9.17) is 16.9 Å². The van der Waals surface area contributed by atoms with Crippen LogP contribution in [0.4, 0.5) is 0 Å². The minimum Gasteiger partial charge on any atom is -0.465 e. The van der Waals surface area contributed by atoms with Gasteiger partial charge >= 0.3 is 5.97 Å². The first-order chi connectivity index (χ1) is 7.13. The second kappa shape index (κ2) is 5.15. The molecule has 0 radical (unpaired) electrons. The van der Waals surface area contributed by atoms with Crippen molar-refractivity contribution in [3.8, 4) is 6.07 Å². The number of esters is 1. The number of alkyl halides is 1. The Balaban J connectivity index is 3.39. The van der Waals surface area contributed by atoms with Crippen LogP contribution in [0.25, 0.3) is 0 Å². The van der Waals surface area contributed by atoms with Gasteiger partial charge in [0.05, 0.1) is 24.3 Å². The van der Waals surface area contributed by atoms with Crippen molar-refractivity contribution in [2.75, 3.05) is 7.11 Å². The Bertz CT molecular complexity index is 440. The maximum atomic E-state index is 11.4. The van der Waals surface area contributed by atoms with Gasteiger partial charge in [-0.3, -0.25) is 0 Å². The summed E-state index contributed by atoms with van der Waals surface area (Å²) in [5.41, 5.74) is 1.39. The fourth-order valence-electron chi connectivity index (χ4n) is 1.16. The summed E-state index contributed by atoms with van der Waals surface area (Å²) in [6, 6.07) is 5.12. The molecule has 1 aromatic carbocycles. The van der Waals surface area contributed by atoms with Gasteiger partial charge in [0, 0.05) is 10.4 Å². The van der Waals surface area contributed by atoms with Crippen molar-refractivity contribution in [2.24, 2.45) is 0 Å². The van der Waals surface area contributed by atoms with E-state index in [1.165, 1.54) is 7.11 Å². The Labute approximate surface area is 101 Å². The molecule has 0 aliphatic rings. The minimum atomic E-state index is -0.470. The molecule has 1 aromatic rings. The van der Waals surface area contributed by atoms with Gasteiger partial charge in [-0.2, -0.15) is 5.26 Å². The van der Waals surface area contributed by atoms with Gasteiger partial charge in [0.25, 0.3) is 0 Å². The van der Waals surface area contributed by atoms with Crippen molar-refractivity contribution in [2.45, 2.75) is 5.88 Å². The summed E-state index contributed by atoms with van der Waals surface area (Å²) in [7, 11) is 1.30. The van der Waals surface area contributed by atoms with Crippen LogP contribution in [0.1, 0.15) is 21.5 Å². The van der Waals surface area contributed by atoms with E-state index in [-0.39, 0.29) is 5.88 Å². The number of rotatable bonds is 2. The zero-order chi connectivity index (χ0) is 11.4. The van der Waals surface area contributed by atoms with Crippen LogP contribution < -0.4 is 0 Å². The van der Waals surface area contributed by atoms with Gasteiger partial charge in [-0.15, -0.1) is 11.6 Å². The van der Waals surface area contributed by atoms with Crippen LogP contribution in [0, 0.1) is 11.3 Å². The zero-order valence-corrected chi connectivity index (χ0v) is 10.2. The number of hydrogen-bond donors (Lipinski definition) is 0. The van der Waals surface area contributed by atoms with Crippen molar-refractivity contribution in [3.05, 3.63) is 33.3 Å². The van der Waals surface area contributed by atoms with Gasteiger partial charge in [0.1, 0.15) is 0 Å². The Morgan fingerprint density at radius 2 is 2.33 bits per heavy atom. The molecule has 5 heteroatoms. The monoisotopic (exact) mass is 287 g/mol. The van der Waals surface area contributed by atoms with E-state index in [9.17, 15) is 4.79 Å². The van der Waals surface area contributed by atoms with Crippen molar-refractivity contribution < 1.29 is 9.53 Å². The molecule has 0 bridgehead atoms. The third kappa shape index (κ3) is 2.49. The normalized spacial score (nSPS) is 9.47. The lowest BCUT2D eigenvalue weighted by Crippen LogP contribution is -2.06. The predicted octanol–water partition coefficient (Wildman–Crippen LogP) is 2.85. The average Bonchev–Trinajstić information content (AvgIpc) is 2.26. The number of methoxy groups -OCH3 is 1. The molecular formula is C10H7BrClNO2. The number of carbonyl (C=O) groups is 1. The molecule has 0 aromatic heterocycles. The van der Waals surface area contributed by atoms with E-state index in [0.717, 1.165) is 0 Å². The highest BCUT2D eigenvalue weighted by molar-refractivity contribution is 9.10. The highest BCUT2D eigenvalue weighted by atomic mass is 79.9. The van der Waals surface area contributed by atoms with Gasteiger partial charge in [0.15, 0.2) is 0 Å². The Morgan fingerprint density at radius 3 is 2.80 bits per heavy atom. The molecular weight excluding hydrogens is 281 g/mol. The maximum absolute atomic E-state index is 11.4. The molecule has 0 atom stereocenters. The largest absolute Gasteiger partial charge is 0.465 e. The fraction of sp³-hybridized carbons (Fsp3) is 0.200. The molecule has 15 heavy (non-hydrogen) atoms. The summed E-state index contributed by atoms with van der Waals surface area (Å²) < 4.78 is 5.14. The lowest BCUT2D eigenvalue weighted by atomic mass is 10.1. The van der Waals surface area contributed by atoms with Crippen LogP contribution in [0.15, 0.2) is 16.6 Å². The van der Waals surface area contributed by atoms with Gasteiger partial charge in [0.2, 0.25) is 0 Å². The van der Waals surface area contributed by atoms with E-state index < -0.39 is 5.97 Å². The smallest absolute Gasteiger partial charge is 0.339 e. The number of nitriles is 1. The molecule has 0 unspecified atom stereocenters. The van der Waals surface area contributed by atoms with Crippen LogP contribution in [-0.4, -0.2) is 13.1 Å². The molecule has 1 rings (SSSR count). The highest BCUT2D eigenvalue weighted by Gasteiger charge is 2.16. The minimum absolute atomic E-state index is 0.151. The lowest BCUT2D eigenvalue weighted by Gasteiger charge is -2.07. The van der Waals surface area contributed by atoms with E-state index >= 15 is 0 Å². The quantitative estimate of drug-likeness (QED) is 0.621. The maximum Gasteiger partial charge on any atom is 0.339 e. The fourth-order valence-corrected chi connectivity index (χ4v) is 2.04. The molecule has 0 heterocycles. The number of halogens is 2. The molecule has 0 N–H and O–H groups in total. The summed E-state index contributed by atoms with van der Waals surface area (Å²) in [4.78, 5) is 11.4. The molecule has 0 spiro atoms. The first-order valence-electron chi connectivity index (χ1n) is 4.00. The van der Waals surface area contributed by atoms with Gasteiger partial charge in [-0.05, 0) is 33.6 Å². The molecule has 0 amide bonds. The summed E-state index contributed by atoms with van der Waals surface area (Å²) in [6.07, 6.45) is 0. The third-order valence-electron chi connectivity index (χ3n) is 1.83. The molecule has 0 fully saturated rings. The first kappa shape index (κ1) is 12.0. The van der Waals surface area contributed by atoms with E-state index in [1.807, 2.05) is 6.07 Å². The molecule has 3 nitrogen and oxygen atoms in total. The Kier molecular flexibility index (Phi) is 4.13. The number of ether oxygens (including phenoxy) is 1. The van der Waals surface area contributed by atoms with Gasteiger partial charge in [-0.1, -0.05) is 0 Å². The van der Waals surface area contributed by atoms with Crippen LogP contribution in [0.5, 0.6) is 0 Å². The summed E-state index contributed by atoms with van der Waals surface area (Å²) in [5, 5.41) is 8.74. The van der Waals surface area contributed by atoms with Crippen LogP contribution in [0.2, 0.25) is 0 Å². The van der Waals surface area contributed by atoms with Crippen molar-refractivity contribution in [1.82, 2.24) is 0 Å². The van der Waals surface area contributed by atoms with E-state index in [2.05, 4.69) is 20.7 Å². The molecule has 0 aliphatic heterocycles. The van der Waals surface area contributed by atoms with Crippen molar-refractivity contribution >= 4 is 33.5 Å². The summed E-state index contributed by atoms with van der Waals surface area (Å²) in [6.45, 7) is 0. The van der Waals surface area contributed by atoms with Crippen LogP contribution in [0.3, 0.4) is 0 Å². The van der Waals surface area contributed by atoms with Gasteiger partial charge < -0.3 is 4.74 Å². The highest BCUT2D eigenvalue weighted by Crippen LogP contribution is 2.25. The number of benzene rings is 1. The third-order valence-corrected chi connectivity index (χ3v) is 2.75.